The Kier molecular flexibility index (Phi) is 2.75. The summed E-state index contributed by atoms with van der Waals surface area (Å²) in [7, 11) is 0. The summed E-state index contributed by atoms with van der Waals surface area (Å²) in [6.45, 7) is 2.24. The highest BCUT2D eigenvalue weighted by molar-refractivity contribution is 5.67. The van der Waals surface area contributed by atoms with Crippen LogP contribution in [0.4, 0.5) is 10.5 Å². The van der Waals surface area contributed by atoms with Crippen LogP contribution in [0.3, 0.4) is 0 Å². The van der Waals surface area contributed by atoms with Gasteiger partial charge in [-0.1, -0.05) is 0 Å². The maximum Gasteiger partial charge on any atom is 0.407 e. The Labute approximate surface area is 110 Å². The molecule has 2 aliphatic rings. The molecule has 0 spiro atoms. The van der Waals surface area contributed by atoms with Crippen LogP contribution in [0.15, 0.2) is 18.5 Å². The van der Waals surface area contributed by atoms with E-state index in [1.165, 1.54) is 11.1 Å². The first-order valence-electron chi connectivity index (χ1n) is 6.28. The van der Waals surface area contributed by atoms with Crippen molar-refractivity contribution >= 4 is 11.8 Å². The minimum atomic E-state index is -0.841. The summed E-state index contributed by atoms with van der Waals surface area (Å²) in [5.41, 5.74) is 1.43. The first kappa shape index (κ1) is 11.8. The number of carbonyl (C=O) groups is 1. The molecular weight excluding hydrogens is 244 g/mol. The van der Waals surface area contributed by atoms with Crippen molar-refractivity contribution in [1.29, 1.82) is 5.26 Å². The van der Waals surface area contributed by atoms with Crippen LogP contribution < -0.4 is 4.90 Å². The van der Waals surface area contributed by atoms with Crippen LogP contribution in [0.2, 0.25) is 0 Å². The molecule has 6 heteroatoms. The van der Waals surface area contributed by atoms with Crippen molar-refractivity contribution in [1.82, 2.24) is 9.88 Å². The second-order valence-corrected chi connectivity index (χ2v) is 5.04. The number of likely N-dealkylation sites (tertiary alicyclic amines) is 1. The molecule has 2 saturated heterocycles. The van der Waals surface area contributed by atoms with E-state index in [0.717, 1.165) is 18.7 Å². The summed E-state index contributed by atoms with van der Waals surface area (Å²) in [4.78, 5) is 18.7. The Hall–Kier alpha value is -2.29. The molecule has 0 aliphatic carbocycles. The van der Waals surface area contributed by atoms with Crippen LogP contribution in [0.5, 0.6) is 0 Å². The lowest BCUT2D eigenvalue weighted by molar-refractivity contribution is 0.0136. The second-order valence-electron chi connectivity index (χ2n) is 5.04. The van der Waals surface area contributed by atoms with E-state index >= 15 is 0 Å². The predicted octanol–water partition coefficient (Wildman–Crippen LogP) is 1.14. The fraction of sp³-hybridized carbons (Fsp3) is 0.462. The number of nitriles is 1. The van der Waals surface area contributed by atoms with Gasteiger partial charge < -0.3 is 14.9 Å². The normalized spacial score (nSPS) is 25.2. The molecule has 3 rings (SSSR count). The first-order valence-corrected chi connectivity index (χ1v) is 6.28. The molecule has 6 nitrogen and oxygen atoms in total. The monoisotopic (exact) mass is 258 g/mol. The maximum atomic E-state index is 11.0. The number of anilines is 1. The molecule has 0 bridgehead atoms. The van der Waals surface area contributed by atoms with Crippen molar-refractivity contribution in [2.75, 3.05) is 24.5 Å². The molecule has 0 radical (unpaired) electrons. The Morgan fingerprint density at radius 3 is 3.05 bits per heavy atom. The van der Waals surface area contributed by atoms with Crippen molar-refractivity contribution in [3.63, 3.8) is 0 Å². The Bertz CT molecular complexity index is 554. The summed E-state index contributed by atoms with van der Waals surface area (Å²) < 4.78 is 0. The number of hydrogen-bond acceptors (Lipinski definition) is 4. The molecule has 1 aromatic heterocycles. The number of pyridine rings is 1. The average molecular weight is 258 g/mol. The lowest BCUT2D eigenvalue weighted by atomic mass is 9.82. The third-order valence-corrected chi connectivity index (χ3v) is 4.02. The van der Waals surface area contributed by atoms with Gasteiger partial charge in [0.25, 0.3) is 0 Å². The van der Waals surface area contributed by atoms with Gasteiger partial charge in [0.15, 0.2) is 0 Å². The third-order valence-electron chi connectivity index (χ3n) is 4.02. The van der Waals surface area contributed by atoms with Crippen molar-refractivity contribution in [3.05, 3.63) is 24.0 Å². The van der Waals surface area contributed by atoms with Gasteiger partial charge in [-0.05, 0) is 12.5 Å². The second kappa shape index (κ2) is 4.43. The molecule has 98 valence electrons. The Morgan fingerprint density at radius 2 is 2.32 bits per heavy atom. The molecule has 0 aromatic carbocycles. The summed E-state index contributed by atoms with van der Waals surface area (Å²) in [5, 5.41) is 17.9. The maximum absolute atomic E-state index is 11.0. The lowest BCUT2D eigenvalue weighted by Crippen LogP contribution is -2.65. The minimum absolute atomic E-state index is 0.0805. The topological polar surface area (TPSA) is 80.5 Å². The van der Waals surface area contributed by atoms with E-state index in [0.29, 0.717) is 24.6 Å². The predicted molar refractivity (Wildman–Crippen MR) is 67.8 cm³/mol. The van der Waals surface area contributed by atoms with E-state index in [1.807, 2.05) is 0 Å². The number of hydrogen-bond donors (Lipinski definition) is 1. The van der Waals surface area contributed by atoms with Crippen molar-refractivity contribution in [2.45, 2.75) is 12.5 Å². The highest BCUT2D eigenvalue weighted by Crippen LogP contribution is 2.34. The van der Waals surface area contributed by atoms with Gasteiger partial charge in [-0.25, -0.2) is 4.79 Å². The zero-order valence-electron chi connectivity index (χ0n) is 10.4. The largest absolute Gasteiger partial charge is 0.465 e. The molecule has 2 unspecified atom stereocenters. The molecule has 1 amide bonds. The van der Waals surface area contributed by atoms with E-state index in [2.05, 4.69) is 16.0 Å². The minimum Gasteiger partial charge on any atom is -0.465 e. The number of nitrogens with zero attached hydrogens (tertiary/aromatic N) is 4. The average Bonchev–Trinajstić information content (AvgIpc) is 2.40. The highest BCUT2D eigenvalue weighted by atomic mass is 16.4. The van der Waals surface area contributed by atoms with Gasteiger partial charge >= 0.3 is 6.09 Å². The molecule has 19 heavy (non-hydrogen) atoms. The Morgan fingerprint density at radius 1 is 1.47 bits per heavy atom. The molecule has 1 N–H and O–H groups in total. The van der Waals surface area contributed by atoms with Crippen LogP contribution in [0, 0.1) is 17.2 Å². The van der Waals surface area contributed by atoms with Crippen LogP contribution in [-0.4, -0.2) is 46.8 Å². The lowest BCUT2D eigenvalue weighted by Gasteiger charge is -2.52. The van der Waals surface area contributed by atoms with E-state index in [1.54, 1.807) is 12.3 Å². The highest BCUT2D eigenvalue weighted by Gasteiger charge is 2.45. The van der Waals surface area contributed by atoms with E-state index < -0.39 is 6.09 Å². The third kappa shape index (κ3) is 1.97. The molecule has 2 atom stereocenters. The van der Waals surface area contributed by atoms with Crippen molar-refractivity contribution in [2.24, 2.45) is 5.92 Å². The molecule has 0 saturated carbocycles. The van der Waals surface area contributed by atoms with Gasteiger partial charge in [0.2, 0.25) is 0 Å². The van der Waals surface area contributed by atoms with Gasteiger partial charge in [0.1, 0.15) is 6.07 Å². The zero-order chi connectivity index (χ0) is 13.4. The fourth-order valence-corrected chi connectivity index (χ4v) is 2.91. The van der Waals surface area contributed by atoms with Crippen LogP contribution in [-0.2, 0) is 0 Å². The van der Waals surface area contributed by atoms with Crippen LogP contribution in [0.1, 0.15) is 12.0 Å². The summed E-state index contributed by atoms with van der Waals surface area (Å²) >= 11 is 0. The van der Waals surface area contributed by atoms with Gasteiger partial charge in [-0.15, -0.1) is 0 Å². The van der Waals surface area contributed by atoms with Crippen molar-refractivity contribution < 1.29 is 9.90 Å². The molecule has 3 heterocycles. The molecule has 2 fully saturated rings. The molecular formula is C13H14N4O2. The van der Waals surface area contributed by atoms with Gasteiger partial charge in [-0.3, -0.25) is 4.98 Å². The molecule has 2 aliphatic heterocycles. The zero-order valence-corrected chi connectivity index (χ0v) is 10.4. The number of piperidine rings is 1. The Balaban J connectivity index is 1.76. The smallest absolute Gasteiger partial charge is 0.407 e. The number of fused-ring (bicyclic) bond motifs is 1. The van der Waals surface area contributed by atoms with Crippen LogP contribution in [0.25, 0.3) is 0 Å². The van der Waals surface area contributed by atoms with Gasteiger partial charge in [0, 0.05) is 31.7 Å². The summed E-state index contributed by atoms with van der Waals surface area (Å²) in [6, 6.07) is 3.96. The quantitative estimate of drug-likeness (QED) is 0.817. The number of rotatable bonds is 1. The van der Waals surface area contributed by atoms with Gasteiger partial charge in [-0.2, -0.15) is 5.26 Å². The SMILES string of the molecule is N#Cc1cncc(N2CCC3CN(C(=O)O)C3C2)c1. The number of aromatic nitrogens is 1. The number of carboxylic acid groups (broad SMARTS) is 1. The van der Waals surface area contributed by atoms with Crippen LogP contribution >= 0.6 is 0 Å². The summed E-state index contributed by atoms with van der Waals surface area (Å²) in [6.07, 6.45) is 3.41. The fourth-order valence-electron chi connectivity index (χ4n) is 2.91. The van der Waals surface area contributed by atoms with Crippen molar-refractivity contribution in [3.8, 4) is 6.07 Å². The van der Waals surface area contributed by atoms with E-state index in [-0.39, 0.29) is 6.04 Å². The van der Waals surface area contributed by atoms with E-state index in [4.69, 9.17) is 10.4 Å². The first-order chi connectivity index (χ1) is 9.19. The summed E-state index contributed by atoms with van der Waals surface area (Å²) in [5.74, 6) is 0.486. The molecule has 1 aromatic rings. The standard InChI is InChI=1S/C13H14N4O2/c14-4-9-3-11(6-15-5-9)16-2-1-10-7-17(13(18)19)12(10)8-16/h3,5-6,10,12H,1-2,7-8H2,(H,18,19). The van der Waals surface area contributed by atoms with E-state index in [9.17, 15) is 4.79 Å². The number of amides is 1. The van der Waals surface area contributed by atoms with Gasteiger partial charge in [0.05, 0.1) is 23.5 Å².